The fraction of sp³-hybridized carbons (Fsp3) is 0.556. The summed E-state index contributed by atoms with van der Waals surface area (Å²) in [6.45, 7) is 1.95. The van der Waals surface area contributed by atoms with Gasteiger partial charge in [-0.15, -0.1) is 0 Å². The summed E-state index contributed by atoms with van der Waals surface area (Å²) in [5.41, 5.74) is 0.127. The van der Waals surface area contributed by atoms with E-state index in [0.29, 0.717) is 31.2 Å². The molecule has 1 aromatic rings. The molecule has 0 aromatic heterocycles. The third kappa shape index (κ3) is 5.76. The zero-order valence-electron chi connectivity index (χ0n) is 14.5. The molecule has 24 heavy (non-hydrogen) atoms. The van der Waals surface area contributed by atoms with E-state index in [1.54, 1.807) is 0 Å². The van der Waals surface area contributed by atoms with Crippen molar-refractivity contribution in [1.29, 1.82) is 0 Å². The molecule has 0 heterocycles. The van der Waals surface area contributed by atoms with Gasteiger partial charge in [-0.05, 0) is 49.3 Å². The first-order chi connectivity index (χ1) is 11.3. The summed E-state index contributed by atoms with van der Waals surface area (Å²) >= 11 is 0. The van der Waals surface area contributed by atoms with Crippen molar-refractivity contribution in [1.82, 2.24) is 0 Å². The average Bonchev–Trinajstić information content (AvgIpc) is 2.56. The second-order valence-electron chi connectivity index (χ2n) is 6.12. The smallest absolute Gasteiger partial charge is 0.305 e. The molecule has 0 aliphatic carbocycles. The monoisotopic (exact) mass is 338 g/mol. The van der Waals surface area contributed by atoms with Crippen molar-refractivity contribution < 1.29 is 29.3 Å². The maximum absolute atomic E-state index is 11.3. The molecule has 0 radical (unpaired) electrons. The Hall–Kier alpha value is -2.24. The second kappa shape index (κ2) is 9.15. The summed E-state index contributed by atoms with van der Waals surface area (Å²) < 4.78 is 9.30. The van der Waals surface area contributed by atoms with E-state index < -0.39 is 5.41 Å². The minimum Gasteiger partial charge on any atom is -0.508 e. The summed E-state index contributed by atoms with van der Waals surface area (Å²) in [5, 5.41) is 19.9. The lowest BCUT2D eigenvalue weighted by Crippen LogP contribution is -2.23. The number of ether oxygens (including phenoxy) is 2. The first-order valence-electron chi connectivity index (χ1n) is 7.98. The van der Waals surface area contributed by atoms with Crippen molar-refractivity contribution >= 4 is 11.9 Å². The van der Waals surface area contributed by atoms with Crippen molar-refractivity contribution in [2.24, 2.45) is 0 Å². The van der Waals surface area contributed by atoms with Gasteiger partial charge in [0.05, 0.1) is 14.2 Å². The largest absolute Gasteiger partial charge is 0.508 e. The molecule has 2 N–H and O–H groups in total. The maximum atomic E-state index is 11.3. The highest BCUT2D eigenvalue weighted by Gasteiger charge is 2.29. The molecule has 0 aliphatic rings. The van der Waals surface area contributed by atoms with Gasteiger partial charge in [0, 0.05) is 18.4 Å². The lowest BCUT2D eigenvalue weighted by Gasteiger charge is -2.31. The highest BCUT2D eigenvalue weighted by Crippen LogP contribution is 2.41. The number of esters is 2. The summed E-state index contributed by atoms with van der Waals surface area (Å²) in [5.74, 6) is -0.416. The van der Waals surface area contributed by atoms with Crippen LogP contribution in [0.1, 0.15) is 51.0 Å². The Morgan fingerprint density at radius 2 is 1.50 bits per heavy atom. The van der Waals surface area contributed by atoms with E-state index in [4.69, 9.17) is 0 Å². The minimum absolute atomic E-state index is 0.0648. The second-order valence-corrected chi connectivity index (χ2v) is 6.12. The van der Waals surface area contributed by atoms with Gasteiger partial charge in [0.2, 0.25) is 0 Å². The van der Waals surface area contributed by atoms with Gasteiger partial charge >= 0.3 is 11.9 Å². The lowest BCUT2D eigenvalue weighted by atomic mass is 9.74. The van der Waals surface area contributed by atoms with Gasteiger partial charge in [-0.1, -0.05) is 6.92 Å². The fourth-order valence-corrected chi connectivity index (χ4v) is 2.85. The molecule has 0 amide bonds. The third-order valence-corrected chi connectivity index (χ3v) is 4.30. The number of hydrogen-bond acceptors (Lipinski definition) is 6. The lowest BCUT2D eigenvalue weighted by molar-refractivity contribution is -0.141. The van der Waals surface area contributed by atoms with Crippen LogP contribution in [-0.4, -0.2) is 36.4 Å². The van der Waals surface area contributed by atoms with Crippen LogP contribution in [0, 0.1) is 0 Å². The Balaban J connectivity index is 2.90. The summed E-state index contributed by atoms with van der Waals surface area (Å²) in [6, 6.07) is 4.40. The minimum atomic E-state index is -0.481. The standard InChI is InChI=1S/C18H26O6/c1-18(10-4-6-16(21)23-2,11-5-7-17(22)24-3)14-12-13(19)8-9-15(14)20/h8-9,12,19-20H,4-7,10-11H2,1-3H3. The van der Waals surface area contributed by atoms with Crippen molar-refractivity contribution in [2.45, 2.75) is 50.9 Å². The van der Waals surface area contributed by atoms with Gasteiger partial charge in [0.25, 0.3) is 0 Å². The molecule has 0 saturated carbocycles. The summed E-state index contributed by atoms with van der Waals surface area (Å²) in [6.07, 6.45) is 2.94. The van der Waals surface area contributed by atoms with Gasteiger partial charge in [-0.25, -0.2) is 0 Å². The molecule has 0 aliphatic heterocycles. The Morgan fingerprint density at radius 3 is 1.96 bits per heavy atom. The molecule has 6 heteroatoms. The van der Waals surface area contributed by atoms with Gasteiger partial charge in [0.15, 0.2) is 0 Å². The number of rotatable bonds is 9. The normalized spacial score (nSPS) is 11.1. The molecule has 0 saturated heterocycles. The number of phenolic OH excluding ortho intramolecular Hbond substituents is 2. The predicted molar refractivity (Wildman–Crippen MR) is 88.9 cm³/mol. The highest BCUT2D eigenvalue weighted by atomic mass is 16.5. The van der Waals surface area contributed by atoms with Crippen LogP contribution in [0.2, 0.25) is 0 Å². The van der Waals surface area contributed by atoms with Gasteiger partial charge in [0.1, 0.15) is 11.5 Å². The van der Waals surface area contributed by atoms with Crippen LogP contribution in [0.25, 0.3) is 0 Å². The van der Waals surface area contributed by atoms with Crippen LogP contribution < -0.4 is 0 Å². The molecule has 0 fully saturated rings. The van der Waals surface area contributed by atoms with Gasteiger partial charge < -0.3 is 19.7 Å². The molecule has 0 unspecified atom stereocenters. The topological polar surface area (TPSA) is 93.1 Å². The Kier molecular flexibility index (Phi) is 7.55. The molecule has 0 spiro atoms. The zero-order chi connectivity index (χ0) is 18.2. The molecule has 6 nitrogen and oxygen atoms in total. The van der Waals surface area contributed by atoms with E-state index in [1.807, 2.05) is 6.92 Å². The number of carbonyl (C=O) groups excluding carboxylic acids is 2. The Morgan fingerprint density at radius 1 is 1.00 bits per heavy atom. The van der Waals surface area contributed by atoms with Gasteiger partial charge in [-0.2, -0.15) is 0 Å². The SMILES string of the molecule is COC(=O)CCCC(C)(CCCC(=O)OC)c1cc(O)ccc1O. The predicted octanol–water partition coefficient (Wildman–Crippen LogP) is 3.04. The third-order valence-electron chi connectivity index (χ3n) is 4.30. The molecule has 134 valence electrons. The number of benzene rings is 1. The molecule has 1 rings (SSSR count). The first kappa shape index (κ1) is 19.8. The van der Waals surface area contributed by atoms with E-state index in [-0.39, 0.29) is 36.3 Å². The van der Waals surface area contributed by atoms with E-state index >= 15 is 0 Å². The molecule has 1 aromatic carbocycles. The van der Waals surface area contributed by atoms with Crippen molar-refractivity contribution in [2.75, 3.05) is 14.2 Å². The number of carbonyl (C=O) groups is 2. The van der Waals surface area contributed by atoms with Crippen LogP contribution in [0.4, 0.5) is 0 Å². The average molecular weight is 338 g/mol. The van der Waals surface area contributed by atoms with E-state index in [0.717, 1.165) is 0 Å². The maximum Gasteiger partial charge on any atom is 0.305 e. The molecule has 0 atom stereocenters. The van der Waals surface area contributed by atoms with Crippen molar-refractivity contribution in [3.05, 3.63) is 23.8 Å². The zero-order valence-corrected chi connectivity index (χ0v) is 14.5. The fourth-order valence-electron chi connectivity index (χ4n) is 2.85. The van der Waals surface area contributed by atoms with E-state index in [9.17, 15) is 19.8 Å². The number of aromatic hydroxyl groups is 2. The number of methoxy groups -OCH3 is 2. The summed E-state index contributed by atoms with van der Waals surface area (Å²) in [4.78, 5) is 22.6. The first-order valence-corrected chi connectivity index (χ1v) is 7.98. The highest BCUT2D eigenvalue weighted by molar-refractivity contribution is 5.69. The van der Waals surface area contributed by atoms with Crippen LogP contribution in [0.3, 0.4) is 0 Å². The molecular weight excluding hydrogens is 312 g/mol. The molecular formula is C18H26O6. The van der Waals surface area contributed by atoms with E-state index in [1.165, 1.54) is 32.4 Å². The number of hydrogen-bond donors (Lipinski definition) is 2. The Labute approximate surface area is 142 Å². The quantitative estimate of drug-likeness (QED) is 0.531. The van der Waals surface area contributed by atoms with E-state index in [2.05, 4.69) is 9.47 Å². The molecule has 0 bridgehead atoms. The van der Waals surface area contributed by atoms with Crippen molar-refractivity contribution in [3.63, 3.8) is 0 Å². The van der Waals surface area contributed by atoms with Crippen LogP contribution in [-0.2, 0) is 24.5 Å². The van der Waals surface area contributed by atoms with Gasteiger partial charge in [-0.3, -0.25) is 9.59 Å². The van der Waals surface area contributed by atoms with Crippen LogP contribution in [0.5, 0.6) is 11.5 Å². The van der Waals surface area contributed by atoms with Crippen LogP contribution >= 0.6 is 0 Å². The van der Waals surface area contributed by atoms with Crippen molar-refractivity contribution in [3.8, 4) is 11.5 Å². The summed E-state index contributed by atoms with van der Waals surface area (Å²) in [7, 11) is 2.69. The Bertz CT molecular complexity index is 545. The number of phenols is 2. The van der Waals surface area contributed by atoms with Crippen LogP contribution in [0.15, 0.2) is 18.2 Å².